The Morgan fingerprint density at radius 3 is 2.33 bits per heavy atom. The Morgan fingerprint density at radius 1 is 0.889 bits per heavy atom. The van der Waals surface area contributed by atoms with Crippen molar-refractivity contribution in [3.63, 3.8) is 0 Å². The number of hydrazone groups is 1. The van der Waals surface area contributed by atoms with Gasteiger partial charge in [0.15, 0.2) is 0 Å². The maximum absolute atomic E-state index is 12.7. The zero-order chi connectivity index (χ0) is 25.5. The summed E-state index contributed by atoms with van der Waals surface area (Å²) in [6.45, 7) is 1.66. The second kappa shape index (κ2) is 11.3. The second-order valence-electron chi connectivity index (χ2n) is 7.94. The van der Waals surface area contributed by atoms with E-state index in [9.17, 15) is 14.4 Å². The van der Waals surface area contributed by atoms with Crippen LogP contribution in [0.25, 0.3) is 10.8 Å². The van der Waals surface area contributed by atoms with Crippen LogP contribution in [-0.4, -0.2) is 30.5 Å². The third-order valence-electron chi connectivity index (χ3n) is 5.32. The topological polar surface area (TPSA) is 96.9 Å². The molecule has 0 radical (unpaired) electrons. The van der Waals surface area contributed by atoms with Gasteiger partial charge in [0.2, 0.25) is 0 Å². The lowest BCUT2D eigenvalue weighted by Gasteiger charge is -2.11. The molecule has 0 fully saturated rings. The zero-order valence-electron chi connectivity index (χ0n) is 19.3. The highest BCUT2D eigenvalue weighted by molar-refractivity contribution is 6.30. The van der Waals surface area contributed by atoms with Crippen molar-refractivity contribution in [2.24, 2.45) is 5.10 Å². The fourth-order valence-electron chi connectivity index (χ4n) is 3.42. The second-order valence-corrected chi connectivity index (χ2v) is 8.37. The fourth-order valence-corrected chi connectivity index (χ4v) is 3.54. The van der Waals surface area contributed by atoms with Gasteiger partial charge in [0.25, 0.3) is 11.8 Å². The number of rotatable bonds is 7. The summed E-state index contributed by atoms with van der Waals surface area (Å²) in [5.41, 5.74) is 4.74. The predicted molar refractivity (Wildman–Crippen MR) is 140 cm³/mol. The van der Waals surface area contributed by atoms with E-state index in [1.807, 2.05) is 49.4 Å². The number of halogens is 1. The molecule has 7 nitrogen and oxygen atoms in total. The summed E-state index contributed by atoms with van der Waals surface area (Å²) in [7, 11) is 0. The number of aryl methyl sites for hydroxylation is 1. The highest BCUT2D eigenvalue weighted by atomic mass is 35.5. The van der Waals surface area contributed by atoms with Gasteiger partial charge in [0.05, 0.1) is 18.3 Å². The van der Waals surface area contributed by atoms with E-state index in [1.165, 1.54) is 6.21 Å². The number of hydrogen-bond acceptors (Lipinski definition) is 5. The number of amides is 2. The summed E-state index contributed by atoms with van der Waals surface area (Å²) in [4.78, 5) is 37.1. The first-order valence-corrected chi connectivity index (χ1v) is 11.4. The summed E-state index contributed by atoms with van der Waals surface area (Å²) in [6, 6.07) is 24.4. The maximum atomic E-state index is 12.7. The van der Waals surface area contributed by atoms with E-state index in [2.05, 4.69) is 15.8 Å². The number of fused-ring (bicyclic) bond motifs is 1. The van der Waals surface area contributed by atoms with Crippen molar-refractivity contribution in [1.82, 2.24) is 10.7 Å². The first-order valence-electron chi connectivity index (χ1n) is 11.1. The monoisotopic (exact) mass is 499 g/mol. The van der Waals surface area contributed by atoms with Crippen molar-refractivity contribution in [3.05, 3.63) is 112 Å². The molecule has 0 aliphatic heterocycles. The van der Waals surface area contributed by atoms with Crippen molar-refractivity contribution >= 4 is 46.4 Å². The molecule has 8 heteroatoms. The minimum atomic E-state index is -0.521. The van der Waals surface area contributed by atoms with Gasteiger partial charge in [0, 0.05) is 16.1 Å². The van der Waals surface area contributed by atoms with Gasteiger partial charge >= 0.3 is 5.97 Å². The van der Waals surface area contributed by atoms with E-state index in [-0.39, 0.29) is 6.54 Å². The number of nitrogens with one attached hydrogen (secondary N) is 2. The molecule has 0 aromatic heterocycles. The number of nitrogens with zero attached hydrogens (tertiary/aromatic N) is 1. The molecule has 0 heterocycles. The summed E-state index contributed by atoms with van der Waals surface area (Å²) in [6.07, 6.45) is 1.42. The van der Waals surface area contributed by atoms with Gasteiger partial charge in [-0.15, -0.1) is 0 Å². The van der Waals surface area contributed by atoms with Crippen LogP contribution in [0.3, 0.4) is 0 Å². The lowest BCUT2D eigenvalue weighted by Crippen LogP contribution is -2.34. The quantitative estimate of drug-likeness (QED) is 0.163. The van der Waals surface area contributed by atoms with E-state index in [0.717, 1.165) is 16.3 Å². The molecule has 4 rings (SSSR count). The molecule has 0 atom stereocenters. The van der Waals surface area contributed by atoms with Crippen LogP contribution in [0, 0.1) is 6.92 Å². The molecule has 0 unspecified atom stereocenters. The molecular weight excluding hydrogens is 478 g/mol. The van der Waals surface area contributed by atoms with E-state index in [4.69, 9.17) is 16.3 Å². The van der Waals surface area contributed by atoms with Crippen LogP contribution in [0.15, 0.2) is 90.0 Å². The normalized spacial score (nSPS) is 10.8. The molecule has 36 heavy (non-hydrogen) atoms. The minimum Gasteiger partial charge on any atom is -0.422 e. The molecular formula is C28H22ClN3O4. The van der Waals surface area contributed by atoms with Gasteiger partial charge < -0.3 is 10.1 Å². The van der Waals surface area contributed by atoms with Crippen molar-refractivity contribution in [1.29, 1.82) is 0 Å². The highest BCUT2D eigenvalue weighted by Crippen LogP contribution is 2.27. The van der Waals surface area contributed by atoms with Gasteiger partial charge in [0.1, 0.15) is 5.75 Å². The molecule has 180 valence electrons. The Labute approximate surface area is 212 Å². The van der Waals surface area contributed by atoms with Crippen molar-refractivity contribution in [2.75, 3.05) is 6.54 Å². The Morgan fingerprint density at radius 2 is 1.58 bits per heavy atom. The molecule has 0 aliphatic rings. The predicted octanol–water partition coefficient (Wildman–Crippen LogP) is 4.90. The third kappa shape index (κ3) is 6.14. The first kappa shape index (κ1) is 24.6. The highest BCUT2D eigenvalue weighted by Gasteiger charge is 2.14. The van der Waals surface area contributed by atoms with Crippen LogP contribution in [-0.2, 0) is 4.79 Å². The summed E-state index contributed by atoms with van der Waals surface area (Å²) in [5, 5.41) is 8.76. The van der Waals surface area contributed by atoms with E-state index in [0.29, 0.717) is 27.5 Å². The van der Waals surface area contributed by atoms with E-state index < -0.39 is 17.8 Å². The Bertz CT molecular complexity index is 1450. The van der Waals surface area contributed by atoms with Gasteiger partial charge in [-0.05, 0) is 60.2 Å². The number of esters is 1. The largest absolute Gasteiger partial charge is 0.422 e. The average molecular weight is 500 g/mol. The molecule has 4 aromatic carbocycles. The molecule has 0 aliphatic carbocycles. The average Bonchev–Trinajstić information content (AvgIpc) is 2.89. The Kier molecular flexibility index (Phi) is 7.72. The van der Waals surface area contributed by atoms with Crippen LogP contribution in [0.2, 0.25) is 5.02 Å². The van der Waals surface area contributed by atoms with Crippen molar-refractivity contribution in [3.8, 4) is 5.75 Å². The molecule has 0 bridgehead atoms. The molecule has 0 saturated carbocycles. The number of benzene rings is 4. The SMILES string of the molecule is Cc1ccc(C(=O)Oc2ccc3ccccc3c2/C=N\NC(=O)CNC(=O)c2ccc(Cl)cc2)cc1. The smallest absolute Gasteiger partial charge is 0.343 e. The van der Waals surface area contributed by atoms with Crippen LogP contribution in [0.1, 0.15) is 31.8 Å². The maximum Gasteiger partial charge on any atom is 0.343 e. The van der Waals surface area contributed by atoms with E-state index in [1.54, 1.807) is 42.5 Å². The van der Waals surface area contributed by atoms with Gasteiger partial charge in [-0.2, -0.15) is 5.10 Å². The number of ether oxygens (including phenoxy) is 1. The standard InChI is InChI=1S/C28H22ClN3O4/c1-18-6-8-21(9-7-18)28(35)36-25-15-12-19-4-2-3-5-23(19)24(25)16-31-32-26(33)17-30-27(34)20-10-13-22(29)14-11-20/h2-16H,17H2,1H3,(H,30,34)(H,32,33)/b31-16-. The number of hydrogen-bond donors (Lipinski definition) is 2. The first-order chi connectivity index (χ1) is 17.4. The summed E-state index contributed by atoms with van der Waals surface area (Å²) < 4.78 is 5.66. The van der Waals surface area contributed by atoms with Crippen LogP contribution >= 0.6 is 11.6 Å². The molecule has 0 saturated heterocycles. The van der Waals surface area contributed by atoms with Gasteiger partial charge in [-0.1, -0.05) is 59.6 Å². The zero-order valence-corrected chi connectivity index (χ0v) is 20.1. The van der Waals surface area contributed by atoms with Gasteiger partial charge in [-0.25, -0.2) is 10.2 Å². The van der Waals surface area contributed by atoms with Gasteiger partial charge in [-0.3, -0.25) is 9.59 Å². The van der Waals surface area contributed by atoms with E-state index >= 15 is 0 Å². The summed E-state index contributed by atoms with van der Waals surface area (Å²) >= 11 is 5.82. The Balaban J connectivity index is 1.46. The molecule has 0 spiro atoms. The number of carbonyl (C=O) groups is 3. The van der Waals surface area contributed by atoms with Crippen LogP contribution in [0.5, 0.6) is 5.75 Å². The number of carbonyl (C=O) groups excluding carboxylic acids is 3. The van der Waals surface area contributed by atoms with Crippen LogP contribution in [0.4, 0.5) is 0 Å². The third-order valence-corrected chi connectivity index (χ3v) is 5.57. The van der Waals surface area contributed by atoms with Crippen LogP contribution < -0.4 is 15.5 Å². The molecule has 2 amide bonds. The Hall–Kier alpha value is -4.49. The molecule has 2 N–H and O–H groups in total. The van der Waals surface area contributed by atoms with Crippen molar-refractivity contribution in [2.45, 2.75) is 6.92 Å². The summed E-state index contributed by atoms with van der Waals surface area (Å²) in [5.74, 6) is -1.14. The minimum absolute atomic E-state index is 0.274. The fraction of sp³-hybridized carbons (Fsp3) is 0.0714. The lowest BCUT2D eigenvalue weighted by atomic mass is 10.0. The van der Waals surface area contributed by atoms with Crippen molar-refractivity contribution < 1.29 is 19.1 Å². The molecule has 4 aromatic rings. The lowest BCUT2D eigenvalue weighted by molar-refractivity contribution is -0.120.